The summed E-state index contributed by atoms with van der Waals surface area (Å²) in [6.07, 6.45) is 1.73. The fourth-order valence-corrected chi connectivity index (χ4v) is 6.97. The van der Waals surface area contributed by atoms with Crippen molar-refractivity contribution in [1.29, 1.82) is 0 Å². The Bertz CT molecular complexity index is 478. The van der Waals surface area contributed by atoms with Crippen LogP contribution in [0.25, 0.3) is 0 Å². The number of carbonyl (C=O) groups is 1. The molecule has 4 nitrogen and oxygen atoms in total. The van der Waals surface area contributed by atoms with Gasteiger partial charge in [0.2, 0.25) is 10.0 Å². The first kappa shape index (κ1) is 14.5. The van der Waals surface area contributed by atoms with E-state index in [1.807, 2.05) is 13.8 Å². The minimum absolute atomic E-state index is 0.0445. The molecule has 0 aromatic carbocycles. The standard InChI is InChI=1S/C12H20BrNO3S/c1-4-14-18(16,17)7-12(3)8-5-6-11(12,2)10(15)9(8)13/h8-9,14H,4-7H2,1-3H3/t8-,9+,11+,12-/m0/s1. The van der Waals surface area contributed by atoms with Crippen LogP contribution in [0.2, 0.25) is 0 Å². The second-order valence-corrected chi connectivity index (χ2v) is 8.71. The predicted molar refractivity (Wildman–Crippen MR) is 74.1 cm³/mol. The molecule has 104 valence electrons. The number of hydrogen-bond acceptors (Lipinski definition) is 3. The van der Waals surface area contributed by atoms with Crippen LogP contribution in [0.5, 0.6) is 0 Å². The Hall–Kier alpha value is 0.0600. The molecule has 0 radical (unpaired) electrons. The van der Waals surface area contributed by atoms with E-state index in [9.17, 15) is 13.2 Å². The van der Waals surface area contributed by atoms with E-state index in [1.165, 1.54) is 0 Å². The van der Waals surface area contributed by atoms with Crippen molar-refractivity contribution in [1.82, 2.24) is 4.72 Å². The maximum Gasteiger partial charge on any atom is 0.212 e. The molecule has 6 heteroatoms. The Balaban J connectivity index is 2.35. The average Bonchev–Trinajstić information content (AvgIpc) is 2.54. The molecule has 2 fully saturated rings. The van der Waals surface area contributed by atoms with Gasteiger partial charge in [0.25, 0.3) is 0 Å². The number of hydrogen-bond donors (Lipinski definition) is 1. The van der Waals surface area contributed by atoms with E-state index >= 15 is 0 Å². The smallest absolute Gasteiger partial charge is 0.212 e. The molecule has 0 heterocycles. The lowest BCUT2D eigenvalue weighted by Gasteiger charge is -2.36. The second kappa shape index (κ2) is 4.28. The lowest BCUT2D eigenvalue weighted by Crippen LogP contribution is -2.43. The molecule has 2 saturated carbocycles. The van der Waals surface area contributed by atoms with Crippen LogP contribution in [-0.4, -0.2) is 31.3 Å². The molecular weight excluding hydrogens is 318 g/mol. The Morgan fingerprint density at radius 3 is 2.50 bits per heavy atom. The third kappa shape index (κ3) is 1.79. The molecule has 0 aromatic rings. The van der Waals surface area contributed by atoms with Crippen molar-refractivity contribution in [3.05, 3.63) is 0 Å². The maximum absolute atomic E-state index is 12.3. The van der Waals surface area contributed by atoms with Crippen LogP contribution in [-0.2, 0) is 14.8 Å². The summed E-state index contributed by atoms with van der Waals surface area (Å²) in [6.45, 7) is 6.05. The monoisotopic (exact) mass is 337 g/mol. The summed E-state index contributed by atoms with van der Waals surface area (Å²) in [7, 11) is -3.31. The quantitative estimate of drug-likeness (QED) is 0.794. The summed E-state index contributed by atoms with van der Waals surface area (Å²) >= 11 is 3.45. The van der Waals surface area contributed by atoms with Gasteiger partial charge in [-0.3, -0.25) is 4.79 Å². The van der Waals surface area contributed by atoms with Crippen molar-refractivity contribution < 1.29 is 13.2 Å². The van der Waals surface area contributed by atoms with Crippen LogP contribution in [0.1, 0.15) is 33.6 Å². The highest BCUT2D eigenvalue weighted by Crippen LogP contribution is 2.65. The summed E-state index contributed by atoms with van der Waals surface area (Å²) in [6, 6.07) is 0. The molecule has 2 rings (SSSR count). The molecule has 18 heavy (non-hydrogen) atoms. The molecule has 2 bridgehead atoms. The number of halogens is 1. The average molecular weight is 338 g/mol. The van der Waals surface area contributed by atoms with Gasteiger partial charge < -0.3 is 0 Å². The summed E-state index contributed by atoms with van der Waals surface area (Å²) in [5.41, 5.74) is -0.965. The number of ketones is 1. The number of alkyl halides is 1. The van der Waals surface area contributed by atoms with Gasteiger partial charge in [-0.15, -0.1) is 0 Å². The van der Waals surface area contributed by atoms with Crippen molar-refractivity contribution in [2.45, 2.75) is 38.4 Å². The minimum atomic E-state index is -3.31. The molecule has 4 atom stereocenters. The first-order chi connectivity index (χ1) is 8.18. The van der Waals surface area contributed by atoms with Crippen LogP contribution >= 0.6 is 15.9 Å². The van der Waals surface area contributed by atoms with Crippen molar-refractivity contribution in [3.8, 4) is 0 Å². The highest BCUT2D eigenvalue weighted by Gasteiger charge is 2.68. The fourth-order valence-electron chi connectivity index (χ4n) is 3.75. The van der Waals surface area contributed by atoms with Crippen molar-refractivity contribution in [3.63, 3.8) is 0 Å². The zero-order chi connectivity index (χ0) is 13.8. The molecule has 0 amide bonds. The molecular formula is C12H20BrNO3S. The highest BCUT2D eigenvalue weighted by molar-refractivity contribution is 9.10. The number of sulfonamides is 1. The van der Waals surface area contributed by atoms with Crippen LogP contribution in [0.15, 0.2) is 0 Å². The van der Waals surface area contributed by atoms with Gasteiger partial charge in [-0.2, -0.15) is 0 Å². The Labute approximate surface area is 117 Å². The van der Waals surface area contributed by atoms with Gasteiger partial charge in [-0.1, -0.05) is 36.7 Å². The zero-order valence-corrected chi connectivity index (χ0v) is 13.4. The number of rotatable bonds is 4. The topological polar surface area (TPSA) is 63.2 Å². The van der Waals surface area contributed by atoms with Gasteiger partial charge in [-0.25, -0.2) is 13.1 Å². The Morgan fingerprint density at radius 2 is 2.06 bits per heavy atom. The summed E-state index contributed by atoms with van der Waals surface area (Å²) in [4.78, 5) is 12.1. The van der Waals surface area contributed by atoms with Crippen LogP contribution < -0.4 is 4.72 Å². The predicted octanol–water partition coefficient (Wildman–Crippen LogP) is 1.69. The van der Waals surface area contributed by atoms with E-state index in [1.54, 1.807) is 6.92 Å². The molecule has 1 N–H and O–H groups in total. The Morgan fingerprint density at radius 1 is 1.44 bits per heavy atom. The van der Waals surface area contributed by atoms with E-state index in [4.69, 9.17) is 0 Å². The normalized spacial score (nSPS) is 43.7. The van der Waals surface area contributed by atoms with Gasteiger partial charge in [0, 0.05) is 12.0 Å². The van der Waals surface area contributed by atoms with E-state index in [-0.39, 0.29) is 22.3 Å². The van der Waals surface area contributed by atoms with Crippen LogP contribution in [0.4, 0.5) is 0 Å². The van der Waals surface area contributed by atoms with E-state index < -0.39 is 20.9 Å². The highest BCUT2D eigenvalue weighted by atomic mass is 79.9. The lowest BCUT2D eigenvalue weighted by molar-refractivity contribution is -0.127. The van der Waals surface area contributed by atoms with Crippen molar-refractivity contribution in [2.24, 2.45) is 16.7 Å². The maximum atomic E-state index is 12.3. The van der Waals surface area contributed by atoms with Crippen molar-refractivity contribution >= 4 is 31.7 Å². The van der Waals surface area contributed by atoms with E-state index in [0.717, 1.165) is 12.8 Å². The van der Waals surface area contributed by atoms with Crippen molar-refractivity contribution in [2.75, 3.05) is 12.3 Å². The lowest BCUT2D eigenvalue weighted by atomic mass is 9.70. The largest absolute Gasteiger partial charge is 0.298 e. The first-order valence-corrected chi connectivity index (χ1v) is 8.90. The minimum Gasteiger partial charge on any atom is -0.298 e. The molecule has 2 aliphatic rings. The third-order valence-corrected chi connectivity index (χ3v) is 7.80. The molecule has 0 aromatic heterocycles. The summed E-state index contributed by atoms with van der Waals surface area (Å²) < 4.78 is 26.6. The van der Waals surface area contributed by atoms with Crippen LogP contribution in [0.3, 0.4) is 0 Å². The number of nitrogens with one attached hydrogen (secondary N) is 1. The molecule has 0 saturated heterocycles. The van der Waals surface area contributed by atoms with E-state index in [0.29, 0.717) is 6.54 Å². The molecule has 2 aliphatic carbocycles. The summed E-state index contributed by atoms with van der Waals surface area (Å²) in [5, 5.41) is 0. The summed E-state index contributed by atoms with van der Waals surface area (Å²) in [5.74, 6) is 0.347. The Kier molecular flexibility index (Phi) is 3.44. The molecule has 0 spiro atoms. The number of Topliss-reactive ketones (excluding diaryl/α,β-unsaturated/α-hetero) is 1. The van der Waals surface area contributed by atoms with Gasteiger partial charge in [-0.05, 0) is 24.2 Å². The van der Waals surface area contributed by atoms with Gasteiger partial charge >= 0.3 is 0 Å². The SMILES string of the molecule is CCNS(=O)(=O)C[C@@]1(C)[C@H]2CC[C@]1(C)C(=O)[C@@H]2Br. The van der Waals surface area contributed by atoms with E-state index in [2.05, 4.69) is 20.7 Å². The van der Waals surface area contributed by atoms with Crippen LogP contribution in [0, 0.1) is 16.7 Å². The zero-order valence-electron chi connectivity index (χ0n) is 11.0. The number of carbonyl (C=O) groups excluding carboxylic acids is 1. The second-order valence-electron chi connectivity index (χ2n) is 5.92. The van der Waals surface area contributed by atoms with Gasteiger partial charge in [0.15, 0.2) is 5.78 Å². The first-order valence-electron chi connectivity index (χ1n) is 6.34. The third-order valence-electron chi connectivity index (χ3n) is 5.04. The van der Waals surface area contributed by atoms with Gasteiger partial charge in [0.1, 0.15) is 0 Å². The fraction of sp³-hybridized carbons (Fsp3) is 0.917. The molecule has 0 unspecified atom stereocenters. The van der Waals surface area contributed by atoms with Gasteiger partial charge in [0.05, 0.1) is 10.6 Å². The number of fused-ring (bicyclic) bond motifs is 2. The molecule has 0 aliphatic heterocycles.